The Kier molecular flexibility index (Phi) is 3.99. The van der Waals surface area contributed by atoms with Gasteiger partial charge >= 0.3 is 5.97 Å². The molecule has 2 atom stereocenters. The summed E-state index contributed by atoms with van der Waals surface area (Å²) in [4.78, 5) is 33.3. The highest BCUT2D eigenvalue weighted by atomic mass is 16.4. The SMILES string of the molecule is Cn1ccc2c(N[C@H]3C4CCC(CC4)[C@@H]3C(=O)O)nc(-c3c[nH]c4ncncc34)nc21. The summed E-state index contributed by atoms with van der Waals surface area (Å²) >= 11 is 0. The standard InChI is InChI=1S/C22H23N7O2/c1-29-7-6-13-19(26-17-12-4-2-11(3-5-12)16(17)22(30)31)27-20(28-21(13)29)15-9-24-18-14(15)8-23-10-25-18/h6-12,16-17H,2-5H2,1H3,(H,30,31)(H,23,24,25)(H,26,27,28)/t11?,12?,16-,17-/m0/s1. The third-order valence-corrected chi connectivity index (χ3v) is 7.13. The van der Waals surface area contributed by atoms with Crippen molar-refractivity contribution in [3.63, 3.8) is 0 Å². The number of hydrogen-bond acceptors (Lipinski definition) is 6. The summed E-state index contributed by atoms with van der Waals surface area (Å²) in [5, 5.41) is 15.3. The lowest BCUT2D eigenvalue weighted by atomic mass is 9.61. The Bertz CT molecular complexity index is 1300. The molecule has 7 rings (SSSR count). The van der Waals surface area contributed by atoms with Crippen LogP contribution in [0.2, 0.25) is 0 Å². The lowest BCUT2D eigenvalue weighted by Gasteiger charge is -2.47. The van der Waals surface area contributed by atoms with Crippen LogP contribution < -0.4 is 5.32 Å². The number of aliphatic carboxylic acids is 1. The normalized spacial score (nSPS) is 25.3. The molecule has 3 N–H and O–H groups in total. The van der Waals surface area contributed by atoms with E-state index in [4.69, 9.17) is 9.97 Å². The van der Waals surface area contributed by atoms with Crippen LogP contribution in [-0.4, -0.2) is 46.6 Å². The van der Waals surface area contributed by atoms with E-state index in [1.807, 2.05) is 30.1 Å². The number of nitrogens with one attached hydrogen (secondary N) is 2. The lowest BCUT2D eigenvalue weighted by Crippen LogP contribution is -2.51. The Hall–Kier alpha value is -3.49. The topological polar surface area (TPSA) is 122 Å². The van der Waals surface area contributed by atoms with Crippen molar-refractivity contribution in [2.45, 2.75) is 31.7 Å². The quantitative estimate of drug-likeness (QED) is 0.466. The Morgan fingerprint density at radius 2 is 2.00 bits per heavy atom. The van der Waals surface area contributed by atoms with E-state index in [2.05, 4.69) is 20.3 Å². The molecule has 0 unspecified atom stereocenters. The van der Waals surface area contributed by atoms with Crippen LogP contribution in [-0.2, 0) is 11.8 Å². The summed E-state index contributed by atoms with van der Waals surface area (Å²) in [6.45, 7) is 0. The van der Waals surface area contributed by atoms with E-state index in [1.54, 1.807) is 6.20 Å². The second kappa shape index (κ2) is 6.76. The van der Waals surface area contributed by atoms with Crippen LogP contribution in [0.25, 0.3) is 33.5 Å². The van der Waals surface area contributed by atoms with Crippen molar-refractivity contribution in [2.75, 3.05) is 5.32 Å². The zero-order valence-corrected chi connectivity index (χ0v) is 17.1. The molecule has 0 spiro atoms. The number of anilines is 1. The van der Waals surface area contributed by atoms with E-state index in [9.17, 15) is 9.90 Å². The van der Waals surface area contributed by atoms with E-state index in [1.165, 1.54) is 6.33 Å². The van der Waals surface area contributed by atoms with Crippen LogP contribution in [0.15, 0.2) is 31.0 Å². The van der Waals surface area contributed by atoms with Crippen LogP contribution >= 0.6 is 0 Å². The molecule has 158 valence electrons. The zero-order chi connectivity index (χ0) is 21.1. The Balaban J connectivity index is 1.48. The molecule has 0 saturated heterocycles. The second-order valence-electron chi connectivity index (χ2n) is 8.76. The third-order valence-electron chi connectivity index (χ3n) is 7.13. The zero-order valence-electron chi connectivity index (χ0n) is 17.1. The maximum absolute atomic E-state index is 12.1. The van der Waals surface area contributed by atoms with Crippen molar-refractivity contribution in [2.24, 2.45) is 24.8 Å². The van der Waals surface area contributed by atoms with E-state index in [0.717, 1.165) is 53.3 Å². The molecule has 3 aliphatic rings. The number of carboxylic acid groups (broad SMARTS) is 1. The van der Waals surface area contributed by atoms with Gasteiger partial charge in [-0.1, -0.05) is 0 Å². The Morgan fingerprint density at radius 3 is 2.81 bits per heavy atom. The highest BCUT2D eigenvalue weighted by Crippen LogP contribution is 2.46. The summed E-state index contributed by atoms with van der Waals surface area (Å²) in [7, 11) is 1.95. The van der Waals surface area contributed by atoms with Gasteiger partial charge in [-0.2, -0.15) is 0 Å². The number of fused-ring (bicyclic) bond motifs is 5. The second-order valence-corrected chi connectivity index (χ2v) is 8.76. The number of rotatable bonds is 4. The molecule has 3 aliphatic carbocycles. The van der Waals surface area contributed by atoms with Gasteiger partial charge in [0.15, 0.2) is 5.82 Å². The highest BCUT2D eigenvalue weighted by molar-refractivity contribution is 5.94. The Morgan fingerprint density at radius 1 is 1.19 bits per heavy atom. The van der Waals surface area contributed by atoms with E-state index in [0.29, 0.717) is 17.6 Å². The molecule has 4 aromatic rings. The predicted octanol–water partition coefficient (Wildman–Crippen LogP) is 3.21. The first-order valence-corrected chi connectivity index (χ1v) is 10.7. The summed E-state index contributed by atoms with van der Waals surface area (Å²) in [6, 6.07) is 1.86. The van der Waals surface area contributed by atoms with Crippen molar-refractivity contribution >= 4 is 33.9 Å². The smallest absolute Gasteiger partial charge is 0.308 e. The van der Waals surface area contributed by atoms with Crippen molar-refractivity contribution in [1.82, 2.24) is 29.5 Å². The molecule has 0 amide bonds. The van der Waals surface area contributed by atoms with Gasteiger partial charge in [-0.15, -0.1) is 0 Å². The van der Waals surface area contributed by atoms with E-state index < -0.39 is 5.97 Å². The Labute approximate surface area is 178 Å². The van der Waals surface area contributed by atoms with Gasteiger partial charge in [0.05, 0.1) is 11.3 Å². The van der Waals surface area contributed by atoms with E-state index >= 15 is 0 Å². The van der Waals surface area contributed by atoms with Gasteiger partial charge in [-0.3, -0.25) is 4.79 Å². The first-order chi connectivity index (χ1) is 15.1. The molecule has 4 aromatic heterocycles. The summed E-state index contributed by atoms with van der Waals surface area (Å²) in [5.41, 5.74) is 2.35. The van der Waals surface area contributed by atoms with Crippen LogP contribution in [0.5, 0.6) is 0 Å². The van der Waals surface area contributed by atoms with Gasteiger partial charge in [0, 0.05) is 42.6 Å². The van der Waals surface area contributed by atoms with Crippen molar-refractivity contribution in [3.05, 3.63) is 31.0 Å². The molecule has 0 aromatic carbocycles. The van der Waals surface area contributed by atoms with Gasteiger partial charge in [0.2, 0.25) is 0 Å². The fraction of sp³-hybridized carbons (Fsp3) is 0.409. The van der Waals surface area contributed by atoms with Gasteiger partial charge in [0.25, 0.3) is 0 Å². The summed E-state index contributed by atoms with van der Waals surface area (Å²) in [6.07, 6.45) is 11.2. The molecule has 4 heterocycles. The van der Waals surface area contributed by atoms with Gasteiger partial charge in [-0.25, -0.2) is 19.9 Å². The molecular formula is C22H23N7O2. The van der Waals surface area contributed by atoms with Crippen LogP contribution in [0.3, 0.4) is 0 Å². The number of H-pyrrole nitrogens is 1. The maximum Gasteiger partial charge on any atom is 0.308 e. The first kappa shape index (κ1) is 18.3. The number of carbonyl (C=O) groups is 1. The fourth-order valence-electron chi connectivity index (χ4n) is 5.58. The predicted molar refractivity (Wildman–Crippen MR) is 115 cm³/mol. The van der Waals surface area contributed by atoms with Crippen LogP contribution in [0, 0.1) is 17.8 Å². The lowest BCUT2D eigenvalue weighted by molar-refractivity contribution is -0.148. The molecule has 2 bridgehead atoms. The van der Waals surface area contributed by atoms with Crippen molar-refractivity contribution < 1.29 is 9.90 Å². The molecule has 9 heteroatoms. The number of aryl methyl sites for hydroxylation is 1. The molecule has 0 aliphatic heterocycles. The first-order valence-electron chi connectivity index (χ1n) is 10.7. The minimum absolute atomic E-state index is 0.123. The number of nitrogens with zero attached hydrogens (tertiary/aromatic N) is 5. The highest BCUT2D eigenvalue weighted by Gasteiger charge is 2.47. The van der Waals surface area contributed by atoms with Gasteiger partial charge in [-0.05, 0) is 43.6 Å². The molecule has 3 saturated carbocycles. The van der Waals surface area contributed by atoms with Gasteiger partial charge < -0.3 is 20.0 Å². The molecular weight excluding hydrogens is 394 g/mol. The van der Waals surface area contributed by atoms with E-state index in [-0.39, 0.29) is 17.9 Å². The monoisotopic (exact) mass is 417 g/mol. The molecule has 0 radical (unpaired) electrons. The average molecular weight is 417 g/mol. The average Bonchev–Trinajstić information content (AvgIpc) is 3.38. The van der Waals surface area contributed by atoms with Crippen molar-refractivity contribution in [1.29, 1.82) is 0 Å². The van der Waals surface area contributed by atoms with Gasteiger partial charge in [0.1, 0.15) is 23.4 Å². The fourth-order valence-corrected chi connectivity index (χ4v) is 5.58. The minimum atomic E-state index is -0.709. The van der Waals surface area contributed by atoms with Crippen molar-refractivity contribution in [3.8, 4) is 11.4 Å². The summed E-state index contributed by atoms with van der Waals surface area (Å²) < 4.78 is 1.96. The number of aromatic amines is 1. The van der Waals surface area contributed by atoms with Crippen LogP contribution in [0.4, 0.5) is 5.82 Å². The largest absolute Gasteiger partial charge is 0.481 e. The van der Waals surface area contributed by atoms with Crippen LogP contribution in [0.1, 0.15) is 25.7 Å². The molecule has 31 heavy (non-hydrogen) atoms. The number of hydrogen-bond donors (Lipinski definition) is 3. The number of carboxylic acids is 1. The summed E-state index contributed by atoms with van der Waals surface area (Å²) in [5.74, 6) is 0.745. The number of aromatic nitrogens is 6. The molecule has 9 nitrogen and oxygen atoms in total. The molecule has 3 fully saturated rings. The third kappa shape index (κ3) is 2.79. The minimum Gasteiger partial charge on any atom is -0.481 e. The maximum atomic E-state index is 12.1.